The van der Waals surface area contributed by atoms with Crippen molar-refractivity contribution in [3.8, 4) is 0 Å². The molecule has 2 rings (SSSR count). The molecule has 0 spiro atoms. The summed E-state index contributed by atoms with van der Waals surface area (Å²) < 4.78 is 0. The van der Waals surface area contributed by atoms with E-state index in [2.05, 4.69) is 29.9 Å². The minimum atomic E-state index is 0.488. The first-order chi connectivity index (χ1) is 8.22. The van der Waals surface area contributed by atoms with Gasteiger partial charge in [0.2, 0.25) is 0 Å². The van der Waals surface area contributed by atoms with Crippen LogP contribution < -0.4 is 4.90 Å². The van der Waals surface area contributed by atoms with E-state index in [0.717, 1.165) is 17.4 Å². The Bertz CT molecular complexity index is 367. The number of hydrogen-bond acceptors (Lipinski definition) is 2. The summed E-state index contributed by atoms with van der Waals surface area (Å²) in [4.78, 5) is 6.93. The second kappa shape index (κ2) is 5.72. The van der Waals surface area contributed by atoms with Crippen molar-refractivity contribution < 1.29 is 0 Å². The van der Waals surface area contributed by atoms with E-state index in [0.29, 0.717) is 11.9 Å². The molecule has 1 saturated carbocycles. The molecule has 1 aliphatic carbocycles. The molecule has 0 aliphatic heterocycles. The highest BCUT2D eigenvalue weighted by molar-refractivity contribution is 6.16. The van der Waals surface area contributed by atoms with Crippen LogP contribution in [0.15, 0.2) is 18.2 Å². The van der Waals surface area contributed by atoms with Gasteiger partial charge in [0.15, 0.2) is 0 Å². The van der Waals surface area contributed by atoms with Gasteiger partial charge >= 0.3 is 0 Å². The van der Waals surface area contributed by atoms with Gasteiger partial charge in [0, 0.05) is 13.1 Å². The van der Waals surface area contributed by atoms with Crippen molar-refractivity contribution in [3.63, 3.8) is 0 Å². The van der Waals surface area contributed by atoms with Gasteiger partial charge < -0.3 is 4.90 Å². The SMILES string of the molecule is CC1CCCCC1N(C)c1cccc(CCl)n1. The molecule has 2 nitrogen and oxygen atoms in total. The van der Waals surface area contributed by atoms with Gasteiger partial charge in [0.1, 0.15) is 5.82 Å². The number of aromatic nitrogens is 1. The van der Waals surface area contributed by atoms with Crippen molar-refractivity contribution in [3.05, 3.63) is 23.9 Å². The van der Waals surface area contributed by atoms with E-state index in [1.807, 2.05) is 12.1 Å². The second-order valence-electron chi connectivity index (χ2n) is 5.06. The van der Waals surface area contributed by atoms with E-state index in [9.17, 15) is 0 Å². The number of halogens is 1. The number of anilines is 1. The van der Waals surface area contributed by atoms with Gasteiger partial charge in [-0.3, -0.25) is 0 Å². The van der Waals surface area contributed by atoms with Crippen LogP contribution in [0.25, 0.3) is 0 Å². The molecule has 1 heterocycles. The molecule has 2 atom stereocenters. The maximum absolute atomic E-state index is 5.84. The van der Waals surface area contributed by atoms with E-state index in [1.54, 1.807) is 0 Å². The van der Waals surface area contributed by atoms with E-state index in [4.69, 9.17) is 11.6 Å². The van der Waals surface area contributed by atoms with E-state index in [1.165, 1.54) is 25.7 Å². The third kappa shape index (κ3) is 2.92. The van der Waals surface area contributed by atoms with Crippen LogP contribution in [0.4, 0.5) is 5.82 Å². The molecule has 0 aromatic carbocycles. The van der Waals surface area contributed by atoms with Gasteiger partial charge in [-0.15, -0.1) is 11.6 Å². The number of alkyl halides is 1. The van der Waals surface area contributed by atoms with Crippen LogP contribution in [0, 0.1) is 5.92 Å². The lowest BCUT2D eigenvalue weighted by Crippen LogP contribution is -2.39. The van der Waals surface area contributed by atoms with Crippen LogP contribution in [-0.4, -0.2) is 18.1 Å². The first-order valence-electron chi connectivity index (χ1n) is 6.47. The zero-order chi connectivity index (χ0) is 12.3. The first-order valence-corrected chi connectivity index (χ1v) is 7.00. The third-order valence-electron chi connectivity index (χ3n) is 3.85. The van der Waals surface area contributed by atoms with Crippen molar-refractivity contribution in [2.75, 3.05) is 11.9 Å². The fraction of sp³-hybridized carbons (Fsp3) is 0.643. The summed E-state index contributed by atoms with van der Waals surface area (Å²) in [6, 6.07) is 6.73. The van der Waals surface area contributed by atoms with Crippen LogP contribution in [0.5, 0.6) is 0 Å². The third-order valence-corrected chi connectivity index (χ3v) is 4.13. The highest BCUT2D eigenvalue weighted by Gasteiger charge is 2.25. The van der Waals surface area contributed by atoms with Crippen molar-refractivity contribution in [1.29, 1.82) is 0 Å². The van der Waals surface area contributed by atoms with E-state index in [-0.39, 0.29) is 0 Å². The lowest BCUT2D eigenvalue weighted by molar-refractivity contribution is 0.320. The van der Waals surface area contributed by atoms with Gasteiger partial charge in [0.25, 0.3) is 0 Å². The molecule has 3 heteroatoms. The Hall–Kier alpha value is -0.760. The predicted molar refractivity (Wildman–Crippen MR) is 73.6 cm³/mol. The first kappa shape index (κ1) is 12.7. The van der Waals surface area contributed by atoms with Crippen LogP contribution in [0.2, 0.25) is 0 Å². The lowest BCUT2D eigenvalue weighted by Gasteiger charge is -2.37. The van der Waals surface area contributed by atoms with E-state index < -0.39 is 0 Å². The molecule has 0 radical (unpaired) electrons. The quantitative estimate of drug-likeness (QED) is 0.760. The van der Waals surface area contributed by atoms with Crippen molar-refractivity contribution in [2.45, 2.75) is 44.5 Å². The summed E-state index contributed by atoms with van der Waals surface area (Å²) >= 11 is 5.84. The molecule has 1 aliphatic rings. The van der Waals surface area contributed by atoms with Gasteiger partial charge in [-0.05, 0) is 30.9 Å². The van der Waals surface area contributed by atoms with Crippen molar-refractivity contribution in [1.82, 2.24) is 4.98 Å². The normalized spacial score (nSPS) is 24.6. The molecule has 1 fully saturated rings. The highest BCUT2D eigenvalue weighted by atomic mass is 35.5. The average molecular weight is 253 g/mol. The summed E-state index contributed by atoms with van der Waals surface area (Å²) in [7, 11) is 2.16. The maximum Gasteiger partial charge on any atom is 0.128 e. The molecule has 0 saturated heterocycles. The van der Waals surface area contributed by atoms with Gasteiger partial charge in [-0.1, -0.05) is 25.8 Å². The molecular formula is C14H21ClN2. The summed E-state index contributed by atoms with van der Waals surface area (Å²) in [5.74, 6) is 2.30. The molecule has 1 aromatic rings. The number of rotatable bonds is 3. The minimum Gasteiger partial charge on any atom is -0.356 e. The lowest BCUT2D eigenvalue weighted by atomic mass is 9.85. The summed E-state index contributed by atoms with van der Waals surface area (Å²) in [6.45, 7) is 2.35. The molecule has 0 N–H and O–H groups in total. The Labute approximate surface area is 109 Å². The van der Waals surface area contributed by atoms with Crippen LogP contribution in [-0.2, 0) is 5.88 Å². The summed E-state index contributed by atoms with van der Waals surface area (Å²) in [5.41, 5.74) is 0.958. The van der Waals surface area contributed by atoms with Crippen LogP contribution in [0.3, 0.4) is 0 Å². The number of nitrogens with zero attached hydrogens (tertiary/aromatic N) is 2. The fourth-order valence-corrected chi connectivity index (χ4v) is 2.93. The number of hydrogen-bond donors (Lipinski definition) is 0. The molecule has 94 valence electrons. The van der Waals surface area contributed by atoms with Gasteiger partial charge in [-0.25, -0.2) is 4.98 Å². The summed E-state index contributed by atoms with van der Waals surface area (Å²) in [6.07, 6.45) is 5.34. The van der Waals surface area contributed by atoms with Crippen molar-refractivity contribution >= 4 is 17.4 Å². The Morgan fingerprint density at radius 2 is 2.12 bits per heavy atom. The average Bonchev–Trinajstić information content (AvgIpc) is 2.38. The van der Waals surface area contributed by atoms with Gasteiger partial charge in [0.05, 0.1) is 11.6 Å². The summed E-state index contributed by atoms with van der Waals surface area (Å²) in [5, 5.41) is 0. The topological polar surface area (TPSA) is 16.1 Å². The largest absolute Gasteiger partial charge is 0.356 e. The fourth-order valence-electron chi connectivity index (χ4n) is 2.78. The second-order valence-corrected chi connectivity index (χ2v) is 5.33. The Morgan fingerprint density at radius 1 is 1.35 bits per heavy atom. The smallest absolute Gasteiger partial charge is 0.128 e. The molecule has 0 bridgehead atoms. The molecule has 1 aromatic heterocycles. The minimum absolute atomic E-state index is 0.488. The van der Waals surface area contributed by atoms with Crippen LogP contribution >= 0.6 is 11.6 Å². The van der Waals surface area contributed by atoms with Crippen molar-refractivity contribution in [2.24, 2.45) is 5.92 Å². The molecule has 2 unspecified atom stereocenters. The standard InChI is InChI=1S/C14H21ClN2/c1-11-6-3-4-8-13(11)17(2)14-9-5-7-12(10-15)16-14/h5,7,9,11,13H,3-4,6,8,10H2,1-2H3. The number of pyridine rings is 1. The zero-order valence-corrected chi connectivity index (χ0v) is 11.5. The Balaban J connectivity index is 2.14. The van der Waals surface area contributed by atoms with E-state index >= 15 is 0 Å². The molecular weight excluding hydrogens is 232 g/mol. The van der Waals surface area contributed by atoms with Crippen LogP contribution in [0.1, 0.15) is 38.3 Å². The molecule has 0 amide bonds. The molecule has 17 heavy (non-hydrogen) atoms. The Kier molecular flexibility index (Phi) is 4.27. The Morgan fingerprint density at radius 3 is 2.82 bits per heavy atom. The monoisotopic (exact) mass is 252 g/mol. The zero-order valence-electron chi connectivity index (χ0n) is 10.7. The van der Waals surface area contributed by atoms with Gasteiger partial charge in [-0.2, -0.15) is 0 Å². The predicted octanol–water partition coefficient (Wildman–Crippen LogP) is 3.84. The highest BCUT2D eigenvalue weighted by Crippen LogP contribution is 2.29. The maximum atomic E-state index is 5.84.